The number of para-hydroxylation sites is 1. The van der Waals surface area contributed by atoms with E-state index in [4.69, 9.17) is 28.7 Å². The molecule has 30 heteroatoms. The first-order valence-electron chi connectivity index (χ1n) is 34.8. The van der Waals surface area contributed by atoms with Crippen molar-refractivity contribution in [1.82, 2.24) is 68.1 Å². The second kappa shape index (κ2) is 41.7. The summed E-state index contributed by atoms with van der Waals surface area (Å²) in [6.07, 6.45) is 25.5. The van der Waals surface area contributed by atoms with Crippen molar-refractivity contribution in [2.75, 3.05) is 26.2 Å². The van der Waals surface area contributed by atoms with Gasteiger partial charge in [-0.1, -0.05) is 54.7 Å². The van der Waals surface area contributed by atoms with Crippen LogP contribution < -0.4 is 81.8 Å². The Bertz CT molecular complexity index is 3290. The third-order valence-corrected chi connectivity index (χ3v) is 18.0. The number of nitrogens with one attached hydrogen (secondary N) is 12. The van der Waals surface area contributed by atoms with Crippen LogP contribution in [0, 0.1) is 17.8 Å². The van der Waals surface area contributed by atoms with Crippen LogP contribution >= 0.6 is 0 Å². The van der Waals surface area contributed by atoms with E-state index in [1.807, 2.05) is 60.7 Å². The number of primary amides is 1. The van der Waals surface area contributed by atoms with Crippen molar-refractivity contribution >= 4 is 81.8 Å². The standard InChI is InChI=1S/C69H105N19O11/c1-42(60(72)91)80-64(95)57(36-47-38-78-50-26-13-12-25-49(47)50)87-66(97)55(34-45-21-8-4-9-22-45)85-63(94)52(28-15-17-31-71)83-68(99)58(37-48-39-75-41-79-48)88-67(98)56(35-46-23-10-5-11-24-46)86-62(93)51(27-14-16-30-70)82-61(92)53(29-18-32-76-69(73)74)84-65(96)54(33-44-19-6-3-7-20-44)81-59(90)40-77-43(2)89/h4,6,8,10,12-13,19,23,25-26,38-39,41-42,44-46,51-58,78H,3,5,7,9,11,14-18,20-22,24,27-37,40,70-71H2,1-2H3,(H2,72,91)(H,75,79)(H,77,89)(H,80,95)(H,81,90)(H,82,92)(H,83,99)(H,84,96)(H,85,94)(H,86,93)(H,87,97)(H,88,98)(H4,73,74,76)/t42-,44?,45?,46?,51-,52-,53-,54-,55-,56-,57-,58-/m0/s1. The molecule has 22 N–H and O–H groups in total. The lowest BCUT2D eigenvalue weighted by atomic mass is 9.88. The molecule has 0 bridgehead atoms. The average Bonchev–Trinajstić information content (AvgIpc) is 1.79. The number of hydrogen-bond donors (Lipinski definition) is 17. The Hall–Kier alpha value is -9.45. The van der Waals surface area contributed by atoms with Gasteiger partial charge in [0.05, 0.1) is 12.9 Å². The minimum atomic E-state index is -1.42. The van der Waals surface area contributed by atoms with Gasteiger partial charge in [-0.15, -0.1) is 0 Å². The lowest BCUT2D eigenvalue weighted by Crippen LogP contribution is -2.61. The SMILES string of the molecule is CC(=O)NCC(=O)N[C@@H](CC1C=CCCC1)C(=O)N[C@@H](CCCN=C(N)N)C(=O)N[C@@H](CCCCN)C(=O)N[C@@H](CC1C=CCCC1)C(=O)N[C@@H](Cc1cnc[nH]1)C(=O)N[C@@H](CCCCN)C(=O)N[C@@H](CC1CC=CCC1)C(=O)N[C@@H](Cc1c[nH]c2ccccc12)C(=O)N[C@@H](C)C(N)=O. The van der Waals surface area contributed by atoms with Crippen LogP contribution in [0.15, 0.2) is 84.4 Å². The third kappa shape index (κ3) is 27.4. The van der Waals surface area contributed by atoms with Crippen LogP contribution in [0.3, 0.4) is 0 Å². The molecule has 3 aromatic rings. The number of guanidine groups is 1. The van der Waals surface area contributed by atoms with Crippen LogP contribution in [0.1, 0.15) is 154 Å². The summed E-state index contributed by atoms with van der Waals surface area (Å²) >= 11 is 0. The predicted octanol–water partition coefficient (Wildman–Crippen LogP) is 0.231. The first kappa shape index (κ1) is 78.5. The van der Waals surface area contributed by atoms with Gasteiger partial charge in [-0.25, -0.2) is 4.98 Å². The smallest absolute Gasteiger partial charge is 0.243 e. The summed E-state index contributed by atoms with van der Waals surface area (Å²) in [5.74, 6) is -8.27. The Morgan fingerprint density at radius 2 is 1.06 bits per heavy atom. The molecule has 3 aliphatic carbocycles. The molecule has 542 valence electrons. The highest BCUT2D eigenvalue weighted by Gasteiger charge is 2.37. The highest BCUT2D eigenvalue weighted by Crippen LogP contribution is 2.26. The third-order valence-electron chi connectivity index (χ3n) is 18.0. The highest BCUT2D eigenvalue weighted by molar-refractivity contribution is 5.99. The number of allylic oxidation sites excluding steroid dienone is 6. The number of aromatic amines is 2. The number of unbranched alkanes of at least 4 members (excludes halogenated alkanes) is 2. The number of nitrogens with two attached hydrogens (primary N) is 5. The van der Waals surface area contributed by atoms with Crippen LogP contribution in [0.2, 0.25) is 0 Å². The fourth-order valence-corrected chi connectivity index (χ4v) is 12.5. The number of nitrogens with zero attached hydrogens (tertiary/aromatic N) is 2. The largest absolute Gasteiger partial charge is 0.370 e. The molecule has 30 nitrogen and oxygen atoms in total. The number of H-pyrrole nitrogens is 2. The molecule has 0 saturated heterocycles. The molecule has 1 aromatic carbocycles. The molecule has 2 aromatic heterocycles. The number of aromatic nitrogens is 3. The van der Waals surface area contributed by atoms with Crippen LogP contribution in [0.4, 0.5) is 0 Å². The zero-order valence-electron chi connectivity index (χ0n) is 57.1. The molecular formula is C69H105N19O11. The van der Waals surface area contributed by atoms with Crippen molar-refractivity contribution in [2.24, 2.45) is 51.4 Å². The quantitative estimate of drug-likeness (QED) is 0.0156. The minimum absolute atomic E-state index is 0.00591. The van der Waals surface area contributed by atoms with Gasteiger partial charge in [0, 0.05) is 55.3 Å². The normalized spacial score (nSPS) is 18.4. The van der Waals surface area contributed by atoms with E-state index >= 15 is 9.59 Å². The van der Waals surface area contributed by atoms with Gasteiger partial charge in [0.25, 0.3) is 0 Å². The topological polar surface area (TPSA) is 495 Å². The molecule has 6 rings (SSSR count). The molecule has 0 saturated carbocycles. The average molecular weight is 1380 g/mol. The van der Waals surface area contributed by atoms with Gasteiger partial charge in [-0.3, -0.25) is 57.7 Å². The maximum Gasteiger partial charge on any atom is 0.243 e. The first-order valence-corrected chi connectivity index (χ1v) is 34.8. The Labute approximate surface area is 578 Å². The summed E-state index contributed by atoms with van der Waals surface area (Å²) in [5, 5.41) is 28.6. The molecule has 3 aliphatic rings. The van der Waals surface area contributed by atoms with Crippen molar-refractivity contribution in [1.29, 1.82) is 0 Å². The van der Waals surface area contributed by atoms with Gasteiger partial charge in [-0.2, -0.15) is 0 Å². The molecule has 0 fully saturated rings. The Morgan fingerprint density at radius 1 is 0.556 bits per heavy atom. The summed E-state index contributed by atoms with van der Waals surface area (Å²) in [7, 11) is 0. The van der Waals surface area contributed by atoms with Crippen molar-refractivity contribution in [3.63, 3.8) is 0 Å². The van der Waals surface area contributed by atoms with Crippen molar-refractivity contribution in [3.05, 3.63) is 90.7 Å². The number of hydrogen-bond acceptors (Lipinski definition) is 15. The Balaban J connectivity index is 1.26. The lowest BCUT2D eigenvalue weighted by Gasteiger charge is -2.30. The number of carbonyl (C=O) groups excluding carboxylic acids is 11. The molecule has 12 atom stereocenters. The summed E-state index contributed by atoms with van der Waals surface area (Å²) in [4.78, 5) is 169. The molecule has 11 amide bonds. The number of fused-ring (bicyclic) bond motifs is 1. The van der Waals surface area contributed by atoms with E-state index in [0.29, 0.717) is 56.2 Å². The van der Waals surface area contributed by atoms with Crippen LogP contribution in [-0.4, -0.2) is 166 Å². The van der Waals surface area contributed by atoms with E-state index in [0.717, 1.165) is 49.4 Å². The van der Waals surface area contributed by atoms with Gasteiger partial charge in [0.2, 0.25) is 65.0 Å². The number of carbonyl (C=O) groups is 11. The van der Waals surface area contributed by atoms with Crippen molar-refractivity contribution in [3.8, 4) is 0 Å². The van der Waals surface area contributed by atoms with Gasteiger partial charge >= 0.3 is 0 Å². The number of amides is 11. The van der Waals surface area contributed by atoms with Crippen molar-refractivity contribution in [2.45, 2.75) is 209 Å². The van der Waals surface area contributed by atoms with Crippen molar-refractivity contribution < 1.29 is 52.7 Å². The second-order valence-electron chi connectivity index (χ2n) is 26.0. The molecule has 2 heterocycles. The van der Waals surface area contributed by atoms with E-state index in [9.17, 15) is 43.2 Å². The number of aliphatic imine (C=N–C) groups is 1. The Morgan fingerprint density at radius 3 is 1.57 bits per heavy atom. The first-order chi connectivity index (χ1) is 47.6. The van der Waals surface area contributed by atoms with Crippen LogP contribution in [0.25, 0.3) is 10.9 Å². The van der Waals surface area contributed by atoms with Crippen LogP contribution in [0.5, 0.6) is 0 Å². The van der Waals surface area contributed by atoms with Gasteiger partial charge < -0.3 is 91.8 Å². The molecule has 99 heavy (non-hydrogen) atoms. The number of rotatable bonds is 42. The fraction of sp³-hybridized carbons (Fsp3) is 0.580. The minimum Gasteiger partial charge on any atom is -0.370 e. The molecule has 0 spiro atoms. The zero-order valence-corrected chi connectivity index (χ0v) is 57.1. The summed E-state index contributed by atoms with van der Waals surface area (Å²) < 4.78 is 0. The molecule has 0 radical (unpaired) electrons. The van der Waals surface area contributed by atoms with E-state index < -0.39 is 126 Å². The predicted molar refractivity (Wildman–Crippen MR) is 374 cm³/mol. The molecule has 3 unspecified atom stereocenters. The number of benzene rings is 1. The highest BCUT2D eigenvalue weighted by atomic mass is 16.2. The summed E-state index contributed by atoms with van der Waals surface area (Å²) in [6.45, 7) is 2.89. The second-order valence-corrected chi connectivity index (χ2v) is 26.0. The van der Waals surface area contributed by atoms with E-state index in [-0.39, 0.29) is 101 Å². The fourth-order valence-electron chi connectivity index (χ4n) is 12.5. The molecule has 0 aliphatic heterocycles. The monoisotopic (exact) mass is 1380 g/mol. The Kier molecular flexibility index (Phi) is 33.1. The lowest BCUT2D eigenvalue weighted by molar-refractivity contribution is -0.136. The zero-order chi connectivity index (χ0) is 71.6. The van der Waals surface area contributed by atoms with Crippen LogP contribution in [-0.2, 0) is 65.6 Å². The van der Waals surface area contributed by atoms with Gasteiger partial charge in [0.15, 0.2) is 5.96 Å². The maximum absolute atomic E-state index is 15.1. The van der Waals surface area contributed by atoms with E-state index in [2.05, 4.69) is 73.1 Å². The maximum atomic E-state index is 15.1. The molecular weight excluding hydrogens is 1270 g/mol. The van der Waals surface area contributed by atoms with Gasteiger partial charge in [-0.05, 0) is 178 Å². The summed E-state index contributed by atoms with van der Waals surface area (Å²) in [5.41, 5.74) is 30.6. The summed E-state index contributed by atoms with van der Waals surface area (Å²) in [6, 6.07) is -3.91. The number of imidazole rings is 1. The van der Waals surface area contributed by atoms with E-state index in [1.54, 1.807) is 6.20 Å². The van der Waals surface area contributed by atoms with E-state index in [1.165, 1.54) is 26.4 Å². The van der Waals surface area contributed by atoms with Gasteiger partial charge in [0.1, 0.15) is 54.4 Å².